The summed E-state index contributed by atoms with van der Waals surface area (Å²) in [5.74, 6) is -1.70. The van der Waals surface area contributed by atoms with E-state index in [1.807, 2.05) is 39.0 Å². The molecular formula is C26H25N3O5. The maximum absolute atomic E-state index is 12.5. The predicted molar refractivity (Wildman–Crippen MR) is 129 cm³/mol. The first kappa shape index (κ1) is 24.2. The summed E-state index contributed by atoms with van der Waals surface area (Å²) in [5, 5.41) is 6.36. The molecule has 0 radical (unpaired) electrons. The van der Waals surface area contributed by atoms with Crippen molar-refractivity contribution in [2.24, 2.45) is 5.10 Å². The fraction of sp³-hybridized carbons (Fsp3) is 0.154. The molecule has 0 bridgehead atoms. The summed E-state index contributed by atoms with van der Waals surface area (Å²) in [6, 6.07) is 17.4. The van der Waals surface area contributed by atoms with E-state index in [4.69, 9.17) is 9.47 Å². The Kier molecular flexibility index (Phi) is 7.76. The summed E-state index contributed by atoms with van der Waals surface area (Å²) >= 11 is 0. The molecule has 34 heavy (non-hydrogen) atoms. The van der Waals surface area contributed by atoms with E-state index in [2.05, 4.69) is 15.8 Å². The summed E-state index contributed by atoms with van der Waals surface area (Å²) in [6.07, 6.45) is 1.34. The van der Waals surface area contributed by atoms with Gasteiger partial charge in [0.15, 0.2) is 11.5 Å². The van der Waals surface area contributed by atoms with Gasteiger partial charge in [-0.15, -0.1) is 0 Å². The lowest BCUT2D eigenvalue weighted by atomic mass is 10.1. The van der Waals surface area contributed by atoms with Crippen molar-refractivity contribution in [1.29, 1.82) is 0 Å². The second kappa shape index (κ2) is 10.9. The number of benzene rings is 3. The molecule has 2 amide bonds. The number of esters is 1. The summed E-state index contributed by atoms with van der Waals surface area (Å²) in [7, 11) is 1.44. The Bertz CT molecular complexity index is 1250. The zero-order valence-electron chi connectivity index (χ0n) is 19.3. The molecule has 2 N–H and O–H groups in total. The van der Waals surface area contributed by atoms with E-state index in [0.29, 0.717) is 22.6 Å². The molecule has 0 fully saturated rings. The van der Waals surface area contributed by atoms with Crippen LogP contribution < -0.4 is 20.2 Å². The molecular weight excluding hydrogens is 434 g/mol. The van der Waals surface area contributed by atoms with Gasteiger partial charge in [-0.25, -0.2) is 10.2 Å². The Balaban J connectivity index is 1.62. The molecule has 0 saturated heterocycles. The van der Waals surface area contributed by atoms with Gasteiger partial charge >= 0.3 is 17.8 Å². The number of hydrogen-bond donors (Lipinski definition) is 2. The van der Waals surface area contributed by atoms with Gasteiger partial charge in [-0.3, -0.25) is 9.59 Å². The van der Waals surface area contributed by atoms with Gasteiger partial charge in [0, 0.05) is 5.69 Å². The number of hydrazone groups is 1. The number of rotatable bonds is 6. The van der Waals surface area contributed by atoms with E-state index >= 15 is 0 Å². The molecule has 3 rings (SSSR count). The van der Waals surface area contributed by atoms with Gasteiger partial charge in [-0.2, -0.15) is 5.10 Å². The van der Waals surface area contributed by atoms with Crippen LogP contribution in [0.4, 0.5) is 5.69 Å². The van der Waals surface area contributed by atoms with Crippen LogP contribution in [-0.4, -0.2) is 31.1 Å². The fourth-order valence-electron chi connectivity index (χ4n) is 3.26. The third-order valence-electron chi connectivity index (χ3n) is 4.82. The lowest BCUT2D eigenvalue weighted by molar-refractivity contribution is -0.136. The Morgan fingerprint density at radius 2 is 1.56 bits per heavy atom. The van der Waals surface area contributed by atoms with Crippen molar-refractivity contribution in [2.75, 3.05) is 12.4 Å². The molecule has 3 aromatic carbocycles. The molecule has 3 aromatic rings. The van der Waals surface area contributed by atoms with Crippen LogP contribution >= 0.6 is 0 Å². The lowest BCUT2D eigenvalue weighted by Gasteiger charge is -2.11. The molecule has 8 heteroatoms. The number of nitrogens with zero attached hydrogens (tertiary/aromatic N) is 1. The van der Waals surface area contributed by atoms with Crippen molar-refractivity contribution in [2.45, 2.75) is 20.8 Å². The average molecular weight is 460 g/mol. The number of amides is 2. The number of methoxy groups -OCH3 is 1. The molecule has 174 valence electrons. The highest BCUT2D eigenvalue weighted by Gasteiger charge is 2.15. The molecule has 0 aromatic heterocycles. The number of nitrogens with one attached hydrogen (secondary N) is 2. The van der Waals surface area contributed by atoms with Gasteiger partial charge in [-0.05, 0) is 79.4 Å². The number of aryl methyl sites for hydroxylation is 3. The fourth-order valence-corrected chi connectivity index (χ4v) is 3.26. The summed E-state index contributed by atoms with van der Waals surface area (Å²) < 4.78 is 10.8. The average Bonchev–Trinajstić information content (AvgIpc) is 2.79. The lowest BCUT2D eigenvalue weighted by Crippen LogP contribution is -2.32. The van der Waals surface area contributed by atoms with Crippen LogP contribution in [0.25, 0.3) is 0 Å². The van der Waals surface area contributed by atoms with Gasteiger partial charge in [0.25, 0.3) is 0 Å². The van der Waals surface area contributed by atoms with Crippen LogP contribution in [0.3, 0.4) is 0 Å². The number of carbonyl (C=O) groups excluding carboxylic acids is 3. The molecule has 0 aliphatic heterocycles. The second-order valence-corrected chi connectivity index (χ2v) is 7.64. The third-order valence-corrected chi connectivity index (χ3v) is 4.82. The Morgan fingerprint density at radius 1 is 0.853 bits per heavy atom. The van der Waals surface area contributed by atoms with Crippen molar-refractivity contribution < 1.29 is 23.9 Å². The first-order valence-corrected chi connectivity index (χ1v) is 10.5. The number of anilines is 1. The molecule has 0 aliphatic rings. The summed E-state index contributed by atoms with van der Waals surface area (Å²) in [6.45, 7) is 5.62. The van der Waals surface area contributed by atoms with E-state index < -0.39 is 17.8 Å². The van der Waals surface area contributed by atoms with Crippen molar-refractivity contribution in [3.8, 4) is 11.5 Å². The number of ether oxygens (including phenoxy) is 2. The summed E-state index contributed by atoms with van der Waals surface area (Å²) in [5.41, 5.74) is 6.46. The van der Waals surface area contributed by atoms with Crippen LogP contribution in [-0.2, 0) is 9.59 Å². The van der Waals surface area contributed by atoms with E-state index in [1.165, 1.54) is 13.3 Å². The first-order chi connectivity index (χ1) is 16.3. The van der Waals surface area contributed by atoms with Crippen LogP contribution in [0.15, 0.2) is 65.8 Å². The highest BCUT2D eigenvalue weighted by atomic mass is 16.6. The maximum Gasteiger partial charge on any atom is 0.343 e. The van der Waals surface area contributed by atoms with Crippen molar-refractivity contribution in [3.05, 3.63) is 88.5 Å². The van der Waals surface area contributed by atoms with E-state index in [1.54, 1.807) is 42.5 Å². The molecule has 0 unspecified atom stereocenters. The Hall–Kier alpha value is -4.46. The van der Waals surface area contributed by atoms with E-state index in [0.717, 1.165) is 16.7 Å². The highest BCUT2D eigenvalue weighted by molar-refractivity contribution is 6.39. The van der Waals surface area contributed by atoms with Crippen LogP contribution in [0, 0.1) is 20.8 Å². The number of carbonyl (C=O) groups is 3. The SMILES string of the molecule is COc1cc(/C=N/NC(=O)C(=O)Nc2cc(C)cc(C)c2)ccc1OC(=O)c1ccccc1C. The van der Waals surface area contributed by atoms with Crippen molar-refractivity contribution in [1.82, 2.24) is 5.43 Å². The molecule has 8 nitrogen and oxygen atoms in total. The summed E-state index contributed by atoms with van der Waals surface area (Å²) in [4.78, 5) is 36.6. The molecule has 0 heterocycles. The normalized spacial score (nSPS) is 10.6. The Morgan fingerprint density at radius 3 is 2.24 bits per heavy atom. The van der Waals surface area contributed by atoms with E-state index in [-0.39, 0.29) is 5.75 Å². The van der Waals surface area contributed by atoms with E-state index in [9.17, 15) is 14.4 Å². The van der Waals surface area contributed by atoms with Crippen LogP contribution in [0.5, 0.6) is 11.5 Å². The smallest absolute Gasteiger partial charge is 0.343 e. The zero-order chi connectivity index (χ0) is 24.7. The topological polar surface area (TPSA) is 106 Å². The highest BCUT2D eigenvalue weighted by Crippen LogP contribution is 2.28. The maximum atomic E-state index is 12.5. The van der Waals surface area contributed by atoms with Gasteiger partial charge in [0.1, 0.15) is 0 Å². The molecule has 0 saturated carbocycles. The van der Waals surface area contributed by atoms with Crippen molar-refractivity contribution >= 4 is 29.7 Å². The monoisotopic (exact) mass is 459 g/mol. The Labute approximate surface area is 197 Å². The van der Waals surface area contributed by atoms with Gasteiger partial charge < -0.3 is 14.8 Å². The zero-order valence-corrected chi connectivity index (χ0v) is 19.3. The predicted octanol–water partition coefficient (Wildman–Crippen LogP) is 3.93. The molecule has 0 aliphatic carbocycles. The third kappa shape index (κ3) is 6.29. The largest absolute Gasteiger partial charge is 0.493 e. The minimum absolute atomic E-state index is 0.241. The number of hydrogen-bond acceptors (Lipinski definition) is 6. The van der Waals surface area contributed by atoms with Gasteiger partial charge in [0.2, 0.25) is 0 Å². The first-order valence-electron chi connectivity index (χ1n) is 10.5. The quantitative estimate of drug-likeness (QED) is 0.191. The van der Waals surface area contributed by atoms with Gasteiger partial charge in [-0.1, -0.05) is 24.3 Å². The van der Waals surface area contributed by atoms with Crippen molar-refractivity contribution in [3.63, 3.8) is 0 Å². The molecule has 0 spiro atoms. The second-order valence-electron chi connectivity index (χ2n) is 7.64. The van der Waals surface area contributed by atoms with Crippen LogP contribution in [0.2, 0.25) is 0 Å². The minimum atomic E-state index is -0.911. The minimum Gasteiger partial charge on any atom is -0.493 e. The van der Waals surface area contributed by atoms with Crippen LogP contribution in [0.1, 0.15) is 32.6 Å². The van der Waals surface area contributed by atoms with Gasteiger partial charge in [0.05, 0.1) is 18.9 Å². The molecule has 0 atom stereocenters. The standard InChI is InChI=1S/C26H25N3O5/c1-16-11-17(2)13-20(12-16)28-24(30)25(31)29-27-15-19-9-10-22(23(14-19)33-4)34-26(32)21-8-6-5-7-18(21)3/h5-15H,1-4H3,(H,28,30)(H,29,31)/b27-15+.